The average molecular weight is 264 g/mol. The Labute approximate surface area is 108 Å². The van der Waals surface area contributed by atoms with Crippen LogP contribution >= 0.6 is 11.3 Å². The number of nitrogens with one attached hydrogen (secondary N) is 1. The van der Waals surface area contributed by atoms with Gasteiger partial charge < -0.3 is 11.1 Å². The lowest BCUT2D eigenvalue weighted by Crippen LogP contribution is -2.01. The number of aryl methyl sites for hydroxylation is 1. The van der Waals surface area contributed by atoms with Crippen molar-refractivity contribution >= 4 is 28.4 Å². The Morgan fingerprint density at radius 3 is 2.89 bits per heavy atom. The van der Waals surface area contributed by atoms with Crippen LogP contribution < -0.4 is 11.1 Å². The van der Waals surface area contributed by atoms with E-state index >= 15 is 0 Å². The van der Waals surface area contributed by atoms with Gasteiger partial charge in [0, 0.05) is 28.4 Å². The maximum atomic E-state index is 10.7. The lowest BCUT2D eigenvalue weighted by molar-refractivity contribution is -0.384. The van der Waals surface area contributed by atoms with Gasteiger partial charge in [-0.1, -0.05) is 0 Å². The second-order valence-electron chi connectivity index (χ2n) is 3.78. The largest absolute Gasteiger partial charge is 0.398 e. The Hall–Kier alpha value is -2.15. The monoisotopic (exact) mass is 264 g/mol. The maximum Gasteiger partial charge on any atom is 0.273 e. The molecule has 1 aromatic carbocycles. The zero-order valence-corrected chi connectivity index (χ0v) is 10.5. The summed E-state index contributed by atoms with van der Waals surface area (Å²) in [5, 5.41) is 13.8. The van der Waals surface area contributed by atoms with Crippen molar-refractivity contribution in [1.82, 2.24) is 4.98 Å². The van der Waals surface area contributed by atoms with Crippen molar-refractivity contribution in [2.45, 2.75) is 13.5 Å². The number of nitrogen functional groups attached to an aromatic ring is 1. The van der Waals surface area contributed by atoms with Crippen LogP contribution in [0, 0.1) is 17.0 Å². The minimum absolute atomic E-state index is 0.0153. The fourth-order valence-electron chi connectivity index (χ4n) is 1.52. The van der Waals surface area contributed by atoms with Crippen LogP contribution in [0.1, 0.15) is 10.6 Å². The summed E-state index contributed by atoms with van der Waals surface area (Å²) in [7, 11) is 0. The summed E-state index contributed by atoms with van der Waals surface area (Å²) in [5.41, 5.74) is 9.34. The highest BCUT2D eigenvalue weighted by Crippen LogP contribution is 2.23. The molecule has 0 fully saturated rings. The molecular formula is C11H12N4O2S. The van der Waals surface area contributed by atoms with Crippen LogP contribution in [0.5, 0.6) is 0 Å². The molecule has 0 aliphatic heterocycles. The first-order valence-corrected chi connectivity index (χ1v) is 6.12. The van der Waals surface area contributed by atoms with E-state index in [4.69, 9.17) is 5.73 Å². The van der Waals surface area contributed by atoms with E-state index in [-0.39, 0.29) is 5.69 Å². The number of nitrogens with two attached hydrogens (primary N) is 1. The molecule has 3 N–H and O–H groups in total. The summed E-state index contributed by atoms with van der Waals surface area (Å²) in [6.45, 7) is 2.51. The van der Waals surface area contributed by atoms with Crippen LogP contribution in [0.25, 0.3) is 0 Å². The summed E-state index contributed by atoms with van der Waals surface area (Å²) < 4.78 is 0. The van der Waals surface area contributed by atoms with Crippen molar-refractivity contribution in [1.29, 1.82) is 0 Å². The van der Waals surface area contributed by atoms with E-state index in [9.17, 15) is 10.1 Å². The van der Waals surface area contributed by atoms with E-state index in [1.54, 1.807) is 22.9 Å². The molecule has 94 valence electrons. The number of thiazole rings is 1. The van der Waals surface area contributed by atoms with Gasteiger partial charge in [0.2, 0.25) is 0 Å². The van der Waals surface area contributed by atoms with Crippen molar-refractivity contribution < 1.29 is 4.92 Å². The molecular weight excluding hydrogens is 252 g/mol. The van der Waals surface area contributed by atoms with Crippen molar-refractivity contribution in [3.05, 3.63) is 44.4 Å². The van der Waals surface area contributed by atoms with Gasteiger partial charge in [0.25, 0.3) is 5.69 Å². The van der Waals surface area contributed by atoms with Gasteiger partial charge in [-0.2, -0.15) is 0 Å². The standard InChI is InChI=1S/C11H12N4O2S/c1-7-11(18-6-14-7)5-13-9-2-8(12)3-10(4-9)15(16)17/h2-4,6,13H,5,12H2,1H3. The van der Waals surface area contributed by atoms with Crippen LogP contribution in [-0.2, 0) is 6.54 Å². The zero-order chi connectivity index (χ0) is 13.1. The highest BCUT2D eigenvalue weighted by atomic mass is 32.1. The van der Waals surface area contributed by atoms with Gasteiger partial charge in [0.05, 0.1) is 22.7 Å². The molecule has 0 aliphatic rings. The smallest absolute Gasteiger partial charge is 0.273 e. The Bertz CT molecular complexity index is 582. The van der Waals surface area contributed by atoms with Crippen LogP contribution in [0.4, 0.5) is 17.1 Å². The van der Waals surface area contributed by atoms with E-state index in [0.29, 0.717) is 17.9 Å². The third-order valence-corrected chi connectivity index (χ3v) is 3.38. The number of aromatic nitrogens is 1. The molecule has 0 saturated carbocycles. The van der Waals surface area contributed by atoms with E-state index in [0.717, 1.165) is 10.6 Å². The molecule has 0 radical (unpaired) electrons. The average Bonchev–Trinajstić information content (AvgIpc) is 2.71. The van der Waals surface area contributed by atoms with Crippen LogP contribution in [0.3, 0.4) is 0 Å². The molecule has 0 atom stereocenters. The molecule has 0 unspecified atom stereocenters. The van der Waals surface area contributed by atoms with Gasteiger partial charge in [-0.3, -0.25) is 10.1 Å². The molecule has 7 heteroatoms. The molecule has 6 nitrogen and oxygen atoms in total. The highest BCUT2D eigenvalue weighted by Gasteiger charge is 2.09. The topological polar surface area (TPSA) is 94.1 Å². The van der Waals surface area contributed by atoms with E-state index in [1.165, 1.54) is 12.1 Å². The number of hydrogen-bond donors (Lipinski definition) is 2. The quantitative estimate of drug-likeness (QED) is 0.502. The zero-order valence-electron chi connectivity index (χ0n) is 9.71. The third kappa shape index (κ3) is 2.75. The summed E-state index contributed by atoms with van der Waals surface area (Å²) in [6.07, 6.45) is 0. The van der Waals surface area contributed by atoms with Crippen molar-refractivity contribution in [2.24, 2.45) is 0 Å². The molecule has 0 saturated heterocycles. The number of anilines is 2. The summed E-state index contributed by atoms with van der Waals surface area (Å²) in [5.74, 6) is 0. The minimum atomic E-state index is -0.459. The van der Waals surface area contributed by atoms with Crippen LogP contribution in [-0.4, -0.2) is 9.91 Å². The van der Waals surface area contributed by atoms with E-state index < -0.39 is 4.92 Å². The Kier molecular flexibility index (Phi) is 3.42. The number of benzene rings is 1. The predicted molar refractivity (Wildman–Crippen MR) is 71.7 cm³/mol. The Morgan fingerprint density at radius 2 is 2.28 bits per heavy atom. The minimum Gasteiger partial charge on any atom is -0.398 e. The SMILES string of the molecule is Cc1ncsc1CNc1cc(N)cc([N+](=O)[O-])c1. The van der Waals surface area contributed by atoms with Gasteiger partial charge in [-0.05, 0) is 13.0 Å². The number of non-ortho nitro benzene ring substituents is 1. The summed E-state index contributed by atoms with van der Waals surface area (Å²) >= 11 is 1.54. The van der Waals surface area contributed by atoms with Crippen LogP contribution in [0.15, 0.2) is 23.7 Å². The lowest BCUT2D eigenvalue weighted by Gasteiger charge is -2.06. The van der Waals surface area contributed by atoms with E-state index in [2.05, 4.69) is 10.3 Å². The number of nitro groups is 1. The van der Waals surface area contributed by atoms with Crippen LogP contribution in [0.2, 0.25) is 0 Å². The van der Waals surface area contributed by atoms with Gasteiger partial charge in [-0.25, -0.2) is 4.98 Å². The fraction of sp³-hybridized carbons (Fsp3) is 0.182. The van der Waals surface area contributed by atoms with Crippen molar-refractivity contribution in [3.8, 4) is 0 Å². The molecule has 1 aromatic heterocycles. The first-order chi connectivity index (χ1) is 8.56. The van der Waals surface area contributed by atoms with Crippen molar-refractivity contribution in [3.63, 3.8) is 0 Å². The summed E-state index contributed by atoms with van der Waals surface area (Å²) in [6, 6.07) is 4.47. The molecule has 1 heterocycles. The predicted octanol–water partition coefficient (Wildman–Crippen LogP) is 2.55. The maximum absolute atomic E-state index is 10.7. The Balaban J connectivity index is 2.14. The molecule has 0 amide bonds. The first kappa shape index (κ1) is 12.3. The second-order valence-corrected chi connectivity index (χ2v) is 4.72. The van der Waals surface area contributed by atoms with E-state index in [1.807, 2.05) is 6.92 Å². The lowest BCUT2D eigenvalue weighted by atomic mass is 10.2. The molecule has 18 heavy (non-hydrogen) atoms. The van der Waals surface area contributed by atoms with Gasteiger partial charge >= 0.3 is 0 Å². The third-order valence-electron chi connectivity index (χ3n) is 2.45. The summed E-state index contributed by atoms with van der Waals surface area (Å²) in [4.78, 5) is 15.5. The molecule has 2 rings (SSSR count). The molecule has 0 bridgehead atoms. The highest BCUT2D eigenvalue weighted by molar-refractivity contribution is 7.09. The second kappa shape index (κ2) is 5.01. The first-order valence-electron chi connectivity index (χ1n) is 5.24. The van der Waals surface area contributed by atoms with Crippen molar-refractivity contribution in [2.75, 3.05) is 11.1 Å². The van der Waals surface area contributed by atoms with Gasteiger partial charge in [0.15, 0.2) is 0 Å². The number of rotatable bonds is 4. The molecule has 2 aromatic rings. The number of nitrogens with zero attached hydrogens (tertiary/aromatic N) is 2. The number of hydrogen-bond acceptors (Lipinski definition) is 6. The van der Waals surface area contributed by atoms with Gasteiger partial charge in [-0.15, -0.1) is 11.3 Å². The Morgan fingerprint density at radius 1 is 1.50 bits per heavy atom. The number of nitro benzene ring substituents is 1. The van der Waals surface area contributed by atoms with Gasteiger partial charge in [0.1, 0.15) is 0 Å². The molecule has 0 spiro atoms. The molecule has 0 aliphatic carbocycles. The fourth-order valence-corrected chi connectivity index (χ4v) is 2.24. The normalized spacial score (nSPS) is 10.3.